The van der Waals surface area contributed by atoms with E-state index in [0.717, 1.165) is 33.1 Å². The van der Waals surface area contributed by atoms with Crippen molar-refractivity contribution < 1.29 is 0 Å². The van der Waals surface area contributed by atoms with Crippen molar-refractivity contribution in [1.29, 1.82) is 10.5 Å². The van der Waals surface area contributed by atoms with Crippen LogP contribution >= 0.6 is 15.9 Å². The Labute approximate surface area is 199 Å². The van der Waals surface area contributed by atoms with E-state index in [9.17, 15) is 0 Å². The summed E-state index contributed by atoms with van der Waals surface area (Å²) in [6.07, 6.45) is 3.71. The predicted molar refractivity (Wildman–Crippen MR) is 129 cm³/mol. The van der Waals surface area contributed by atoms with Gasteiger partial charge in [-0.1, -0.05) is 51.5 Å². The van der Waals surface area contributed by atoms with Crippen LogP contribution in [0.3, 0.4) is 0 Å². The highest BCUT2D eigenvalue weighted by molar-refractivity contribution is 9.08. The molecule has 160 valence electrons. The summed E-state index contributed by atoms with van der Waals surface area (Å²) in [6.45, 7) is 0.618. The lowest BCUT2D eigenvalue weighted by Gasteiger charge is -2.00. The van der Waals surface area contributed by atoms with Gasteiger partial charge in [-0.05, 0) is 47.5 Å². The maximum Gasteiger partial charge on any atom is 0.113 e. The van der Waals surface area contributed by atoms with Gasteiger partial charge < -0.3 is 0 Å². The van der Waals surface area contributed by atoms with Crippen molar-refractivity contribution in [2.45, 2.75) is 11.9 Å². The minimum atomic E-state index is 0.618. The number of nitrogens with zero attached hydrogens (tertiary/aromatic N) is 6. The molecule has 5 rings (SSSR count). The minimum absolute atomic E-state index is 0.618. The number of hydrogen-bond donors (Lipinski definition) is 1. The normalized spacial score (nSPS) is 10.2. The number of benzene rings is 3. The second-order valence-corrected chi connectivity index (χ2v) is 7.79. The van der Waals surface area contributed by atoms with Crippen LogP contribution in [0.4, 0.5) is 0 Å². The molecule has 0 atom stereocenters. The van der Waals surface area contributed by atoms with E-state index >= 15 is 0 Å². The van der Waals surface area contributed by atoms with E-state index in [4.69, 9.17) is 10.5 Å². The van der Waals surface area contributed by atoms with E-state index in [2.05, 4.69) is 48.6 Å². The van der Waals surface area contributed by atoms with E-state index in [1.807, 2.05) is 60.8 Å². The van der Waals surface area contributed by atoms with Crippen LogP contribution in [0, 0.1) is 22.7 Å². The maximum absolute atomic E-state index is 8.82. The molecule has 3 aromatic carbocycles. The monoisotopic (exact) mass is 495 g/mol. The molecule has 5 aromatic rings. The molecule has 0 spiro atoms. The minimum Gasteiger partial charge on any atom is -0.278 e. The van der Waals surface area contributed by atoms with Gasteiger partial charge >= 0.3 is 0 Å². The molecule has 7 nitrogen and oxygen atoms in total. The number of nitrogens with one attached hydrogen (secondary N) is 1. The molecule has 0 fully saturated rings. The van der Waals surface area contributed by atoms with Gasteiger partial charge in [0.15, 0.2) is 0 Å². The van der Waals surface area contributed by atoms with Crippen molar-refractivity contribution in [3.05, 3.63) is 101 Å². The summed E-state index contributed by atoms with van der Waals surface area (Å²) < 4.78 is 1.79. The number of alkyl halides is 1. The Balaban J connectivity index is 0.000000219. The Kier molecular flexibility index (Phi) is 6.89. The van der Waals surface area contributed by atoms with Gasteiger partial charge in [0.25, 0.3) is 0 Å². The van der Waals surface area contributed by atoms with Crippen molar-refractivity contribution in [3.63, 3.8) is 0 Å². The van der Waals surface area contributed by atoms with Gasteiger partial charge in [0.1, 0.15) is 5.69 Å². The molecule has 0 saturated heterocycles. The summed E-state index contributed by atoms with van der Waals surface area (Å²) in [5.74, 6) is 0. The summed E-state index contributed by atoms with van der Waals surface area (Å²) in [7, 11) is 0. The molecule has 0 unspecified atom stereocenters. The van der Waals surface area contributed by atoms with Crippen LogP contribution in [0.1, 0.15) is 22.3 Å². The van der Waals surface area contributed by atoms with Gasteiger partial charge in [-0.2, -0.15) is 15.6 Å². The summed E-state index contributed by atoms with van der Waals surface area (Å²) in [6, 6.07) is 25.2. The van der Waals surface area contributed by atoms with Crippen LogP contribution in [0.15, 0.2) is 79.1 Å². The molecule has 0 aliphatic heterocycles. The predicted octanol–water partition coefficient (Wildman–Crippen LogP) is 5.19. The molecular weight excluding hydrogens is 478 g/mol. The van der Waals surface area contributed by atoms with E-state index in [1.54, 1.807) is 23.0 Å². The topological polar surface area (TPSA) is 107 Å². The molecule has 2 heterocycles. The Morgan fingerprint density at radius 3 is 2.18 bits per heavy atom. The number of halogens is 1. The molecule has 0 saturated carbocycles. The van der Waals surface area contributed by atoms with Gasteiger partial charge in [0, 0.05) is 16.3 Å². The first-order chi connectivity index (χ1) is 16.2. The van der Waals surface area contributed by atoms with Gasteiger partial charge in [0.05, 0.1) is 47.7 Å². The lowest BCUT2D eigenvalue weighted by atomic mass is 10.1. The third kappa shape index (κ3) is 5.51. The van der Waals surface area contributed by atoms with Crippen molar-refractivity contribution in [3.8, 4) is 23.4 Å². The summed E-state index contributed by atoms with van der Waals surface area (Å²) in [5.41, 5.74) is 6.46. The summed E-state index contributed by atoms with van der Waals surface area (Å²) >= 11 is 3.32. The second-order valence-electron chi connectivity index (χ2n) is 7.22. The van der Waals surface area contributed by atoms with E-state index < -0.39 is 0 Å². The van der Waals surface area contributed by atoms with E-state index in [-0.39, 0.29) is 0 Å². The lowest BCUT2D eigenvalue weighted by molar-refractivity contribution is 0.650. The van der Waals surface area contributed by atoms with Crippen molar-refractivity contribution in [1.82, 2.24) is 25.2 Å². The Hall–Kier alpha value is -4.27. The number of hydrogen-bond acceptors (Lipinski definition) is 5. The highest BCUT2D eigenvalue weighted by Gasteiger charge is 2.06. The average molecular weight is 496 g/mol. The Morgan fingerprint density at radius 2 is 1.55 bits per heavy atom. The third-order valence-corrected chi connectivity index (χ3v) is 5.59. The number of fused-ring (bicyclic) bond motifs is 1. The van der Waals surface area contributed by atoms with Crippen molar-refractivity contribution in [2.24, 2.45) is 0 Å². The quantitative estimate of drug-likeness (QED) is 0.345. The van der Waals surface area contributed by atoms with Crippen LogP contribution < -0.4 is 0 Å². The van der Waals surface area contributed by atoms with Crippen LogP contribution in [0.5, 0.6) is 0 Å². The molecule has 0 aliphatic carbocycles. The first-order valence-corrected chi connectivity index (χ1v) is 11.2. The zero-order valence-electron chi connectivity index (χ0n) is 17.5. The SMILES string of the molecule is N#Cc1ccc(CBr)cc1.N#Cc1ccc(Cn2cc(-c3ccc4[nH]ncc4c3)nn2)cc1. The number of aromatic amines is 1. The molecule has 0 bridgehead atoms. The van der Waals surface area contributed by atoms with Crippen LogP contribution in [0.2, 0.25) is 0 Å². The Morgan fingerprint density at radius 1 is 0.879 bits per heavy atom. The fraction of sp³-hybridized carbons (Fsp3) is 0.0800. The Bertz CT molecular complexity index is 1440. The number of rotatable bonds is 4. The fourth-order valence-corrected chi connectivity index (χ4v) is 3.52. The van der Waals surface area contributed by atoms with Gasteiger partial charge in [0.2, 0.25) is 0 Å². The van der Waals surface area contributed by atoms with E-state index in [0.29, 0.717) is 17.7 Å². The number of aromatic nitrogens is 5. The maximum atomic E-state index is 8.82. The molecule has 0 radical (unpaired) electrons. The second kappa shape index (κ2) is 10.4. The largest absolute Gasteiger partial charge is 0.278 e. The van der Waals surface area contributed by atoms with Gasteiger partial charge in [-0.3, -0.25) is 5.10 Å². The highest BCUT2D eigenvalue weighted by atomic mass is 79.9. The van der Waals surface area contributed by atoms with Crippen LogP contribution in [0.25, 0.3) is 22.2 Å². The highest BCUT2D eigenvalue weighted by Crippen LogP contribution is 2.21. The average Bonchev–Trinajstić information content (AvgIpc) is 3.54. The molecule has 33 heavy (non-hydrogen) atoms. The number of nitriles is 2. The zero-order valence-corrected chi connectivity index (χ0v) is 19.1. The van der Waals surface area contributed by atoms with Crippen molar-refractivity contribution in [2.75, 3.05) is 0 Å². The first kappa shape index (κ1) is 21.9. The van der Waals surface area contributed by atoms with Crippen LogP contribution in [-0.2, 0) is 11.9 Å². The lowest BCUT2D eigenvalue weighted by Crippen LogP contribution is -2.00. The van der Waals surface area contributed by atoms with Gasteiger partial charge in [-0.15, -0.1) is 5.10 Å². The smallest absolute Gasteiger partial charge is 0.113 e. The summed E-state index contributed by atoms with van der Waals surface area (Å²) in [4.78, 5) is 0. The third-order valence-electron chi connectivity index (χ3n) is 4.94. The standard InChI is InChI=1S/C17H12N6.C8H6BrN/c18-8-12-1-3-13(4-2-12)10-23-11-17(21-22-23)14-5-6-16-15(7-14)9-19-20-16;9-5-7-1-3-8(6-10)4-2-7/h1-7,9,11H,10H2,(H,19,20);1-4H,5H2. The van der Waals surface area contributed by atoms with Crippen molar-refractivity contribution >= 4 is 26.8 Å². The van der Waals surface area contributed by atoms with E-state index in [1.165, 1.54) is 5.56 Å². The molecule has 0 amide bonds. The molecular formula is C25H18BrN7. The number of H-pyrrole nitrogens is 1. The van der Waals surface area contributed by atoms with Crippen LogP contribution in [-0.4, -0.2) is 25.2 Å². The van der Waals surface area contributed by atoms with Gasteiger partial charge in [-0.25, -0.2) is 4.68 Å². The molecule has 0 aliphatic rings. The summed E-state index contributed by atoms with van der Waals surface area (Å²) in [5, 5.41) is 34.5. The molecule has 8 heteroatoms. The molecule has 1 N–H and O–H groups in total. The first-order valence-electron chi connectivity index (χ1n) is 10.1. The zero-order chi connectivity index (χ0) is 23.0. The fourth-order valence-electron chi connectivity index (χ4n) is 3.15. The molecule has 2 aromatic heterocycles.